The van der Waals surface area contributed by atoms with Crippen molar-refractivity contribution in [3.63, 3.8) is 0 Å². The number of likely N-dealkylation sites (tertiary alicyclic amines) is 1. The Morgan fingerprint density at radius 1 is 0.927 bits per heavy atom. The number of imidazole rings is 2. The molecule has 4 heterocycles. The number of methoxy groups -OCH3 is 1. The summed E-state index contributed by atoms with van der Waals surface area (Å²) in [6.45, 7) is 9.26. The van der Waals surface area contributed by atoms with Crippen molar-refractivity contribution in [3.05, 3.63) is 84.7 Å². The van der Waals surface area contributed by atoms with Gasteiger partial charge in [-0.1, -0.05) is 75.7 Å². The first kappa shape index (κ1) is 37.1. The van der Waals surface area contributed by atoms with E-state index in [1.54, 1.807) is 16.7 Å². The number of aromatic amines is 2. The molecule has 1 saturated carbocycles. The summed E-state index contributed by atoms with van der Waals surface area (Å²) in [6, 6.07) is 21.9. The topological polar surface area (TPSA) is 128 Å². The lowest BCUT2D eigenvalue weighted by Crippen LogP contribution is -2.46. The van der Waals surface area contributed by atoms with Crippen LogP contribution < -0.4 is 5.32 Å². The average molecular weight is 762 g/mol. The number of unbranched alkanes of at least 4 members (excludes halogenated alkanes) is 1. The zero-order valence-corrected chi connectivity index (χ0v) is 33.0. The van der Waals surface area contributed by atoms with E-state index in [0.717, 1.165) is 83.4 Å². The van der Waals surface area contributed by atoms with Gasteiger partial charge in [-0.05, 0) is 76.6 Å². The Labute approximate surface area is 327 Å². The molecule has 3 atom stereocenters. The largest absolute Gasteiger partial charge is 0.453 e. The van der Waals surface area contributed by atoms with Crippen molar-refractivity contribution in [1.82, 2.24) is 35.1 Å². The Morgan fingerprint density at radius 2 is 1.58 bits per heavy atom. The number of nitrogens with one attached hydrogen (secondary N) is 3. The summed E-state index contributed by atoms with van der Waals surface area (Å²) in [6.07, 6.45) is 8.61. The maximum absolute atomic E-state index is 12.7. The van der Waals surface area contributed by atoms with Crippen LogP contribution in [-0.4, -0.2) is 87.1 Å². The molecule has 5 aromatic rings. The highest BCUT2D eigenvalue weighted by molar-refractivity contribution is 7.99. The highest BCUT2D eigenvalue weighted by atomic mass is 32.2. The van der Waals surface area contributed by atoms with Crippen LogP contribution in [-0.2, 0) is 9.47 Å². The van der Waals surface area contributed by atoms with Crippen LogP contribution in [0.15, 0.2) is 73.1 Å². The zero-order chi connectivity index (χ0) is 38.1. The van der Waals surface area contributed by atoms with Gasteiger partial charge in [0.25, 0.3) is 0 Å². The smallest absolute Gasteiger partial charge is 0.411 e. The standard InChI is InChI=1S/C43H51N7O4S/c1-5-6-18-54-42(52)50-17-19-55-40(50)39-45-23-34(47-39)29-9-7-28(8-10-29)30-11-12-32-21-33(14-13-31(32)20-30)35-24-44-38(46-35)37-22-43(15-16-43)26-49(37)25-36(27(2)3)48-41(51)53-4/h7-14,20-21,23-24,27,36-37,40H,5-6,15-19,22,25-26H2,1-4H3,(H,44,46)(H,45,47)(H,48,51). The summed E-state index contributed by atoms with van der Waals surface area (Å²) in [7, 11) is 1.42. The Balaban J connectivity index is 0.942. The van der Waals surface area contributed by atoms with Crippen LogP contribution in [0.3, 0.4) is 0 Å². The van der Waals surface area contributed by atoms with E-state index in [2.05, 4.69) is 107 Å². The molecule has 2 amide bonds. The number of benzene rings is 3. The summed E-state index contributed by atoms with van der Waals surface area (Å²) in [4.78, 5) is 45.8. The van der Waals surface area contributed by atoms with Gasteiger partial charge in [-0.25, -0.2) is 19.6 Å². The fourth-order valence-electron chi connectivity index (χ4n) is 8.00. The van der Waals surface area contributed by atoms with Crippen LogP contribution in [0, 0.1) is 11.3 Å². The number of hydrogen-bond acceptors (Lipinski definition) is 8. The highest BCUT2D eigenvalue weighted by Crippen LogP contribution is 2.58. The van der Waals surface area contributed by atoms with Gasteiger partial charge in [0.05, 0.1) is 43.5 Å². The van der Waals surface area contributed by atoms with Crippen LogP contribution in [0.1, 0.15) is 75.9 Å². The van der Waals surface area contributed by atoms with E-state index in [1.165, 1.54) is 30.7 Å². The van der Waals surface area contributed by atoms with Gasteiger partial charge < -0.3 is 24.8 Å². The van der Waals surface area contributed by atoms with Gasteiger partial charge >= 0.3 is 12.2 Å². The monoisotopic (exact) mass is 761 g/mol. The van der Waals surface area contributed by atoms with Gasteiger partial charge in [0, 0.05) is 37.0 Å². The van der Waals surface area contributed by atoms with Crippen LogP contribution in [0.5, 0.6) is 0 Å². The van der Waals surface area contributed by atoms with Crippen molar-refractivity contribution >= 4 is 34.7 Å². The number of ether oxygens (including phenoxy) is 2. The molecule has 55 heavy (non-hydrogen) atoms. The van der Waals surface area contributed by atoms with Crippen molar-refractivity contribution in [2.45, 2.75) is 70.3 Å². The van der Waals surface area contributed by atoms with E-state index < -0.39 is 0 Å². The number of H-pyrrole nitrogens is 2. The quantitative estimate of drug-likeness (QED) is 0.107. The lowest BCUT2D eigenvalue weighted by atomic mass is 9.98. The average Bonchev–Trinajstić information content (AvgIpc) is 3.72. The number of nitrogens with zero attached hydrogens (tertiary/aromatic N) is 4. The number of rotatable bonds is 12. The maximum Gasteiger partial charge on any atom is 0.411 e. The molecule has 12 heteroatoms. The second kappa shape index (κ2) is 15.7. The summed E-state index contributed by atoms with van der Waals surface area (Å²) < 4.78 is 10.4. The Hall–Kier alpha value is -4.81. The summed E-state index contributed by atoms with van der Waals surface area (Å²) >= 11 is 1.70. The molecule has 1 aliphatic carbocycles. The highest BCUT2D eigenvalue weighted by Gasteiger charge is 2.53. The third kappa shape index (κ3) is 7.98. The molecule has 0 bridgehead atoms. The minimum atomic E-state index is -0.382. The normalized spacial score (nSPS) is 19.7. The molecule has 2 saturated heterocycles. The first-order chi connectivity index (χ1) is 26.7. The number of carbonyl (C=O) groups excluding carboxylic acids is 2. The van der Waals surface area contributed by atoms with Gasteiger partial charge in [-0.3, -0.25) is 9.80 Å². The second-order valence-corrected chi connectivity index (χ2v) is 16.9. The fourth-order valence-corrected chi connectivity index (χ4v) is 9.17. The van der Waals surface area contributed by atoms with Gasteiger partial charge in [0.15, 0.2) is 0 Å². The lowest BCUT2D eigenvalue weighted by molar-refractivity contribution is 0.101. The van der Waals surface area contributed by atoms with Gasteiger partial charge in [0.1, 0.15) is 17.0 Å². The van der Waals surface area contributed by atoms with E-state index in [1.807, 2.05) is 12.4 Å². The van der Waals surface area contributed by atoms with Crippen molar-refractivity contribution < 1.29 is 19.1 Å². The zero-order valence-electron chi connectivity index (χ0n) is 32.1. The van der Waals surface area contributed by atoms with Crippen LogP contribution in [0.2, 0.25) is 0 Å². The Bertz CT molecular complexity index is 2140. The molecule has 3 aromatic carbocycles. The molecule has 288 valence electrons. The maximum atomic E-state index is 12.7. The molecule has 1 spiro atoms. The van der Waals surface area contributed by atoms with E-state index in [-0.39, 0.29) is 35.6 Å². The summed E-state index contributed by atoms with van der Waals surface area (Å²) in [5.41, 5.74) is 6.73. The molecular weight excluding hydrogens is 711 g/mol. The molecular formula is C43H51N7O4S. The Kier molecular flexibility index (Phi) is 10.6. The minimum absolute atomic E-state index is 0.00609. The first-order valence-electron chi connectivity index (χ1n) is 19.6. The number of hydrogen-bond donors (Lipinski definition) is 3. The number of alkyl carbamates (subject to hydrolysis) is 1. The minimum Gasteiger partial charge on any atom is -0.453 e. The molecule has 3 unspecified atom stereocenters. The van der Waals surface area contributed by atoms with Crippen molar-refractivity contribution in [2.75, 3.05) is 39.1 Å². The van der Waals surface area contributed by atoms with Crippen LogP contribution >= 0.6 is 11.8 Å². The molecule has 8 rings (SSSR count). The molecule has 0 radical (unpaired) electrons. The number of thioether (sulfide) groups is 1. The number of fused-ring (bicyclic) bond motifs is 1. The van der Waals surface area contributed by atoms with E-state index >= 15 is 0 Å². The van der Waals surface area contributed by atoms with Crippen molar-refractivity contribution in [2.24, 2.45) is 11.3 Å². The van der Waals surface area contributed by atoms with E-state index in [9.17, 15) is 9.59 Å². The third-order valence-corrected chi connectivity index (χ3v) is 12.8. The van der Waals surface area contributed by atoms with Crippen molar-refractivity contribution in [1.29, 1.82) is 0 Å². The molecule has 2 aliphatic heterocycles. The van der Waals surface area contributed by atoms with Gasteiger partial charge in [-0.2, -0.15) is 0 Å². The third-order valence-electron chi connectivity index (χ3n) is 11.6. The van der Waals surface area contributed by atoms with Crippen LogP contribution in [0.4, 0.5) is 9.59 Å². The van der Waals surface area contributed by atoms with E-state index in [4.69, 9.17) is 14.5 Å². The predicted octanol–water partition coefficient (Wildman–Crippen LogP) is 9.18. The number of amides is 2. The van der Waals surface area contributed by atoms with Gasteiger partial charge in [0.2, 0.25) is 0 Å². The predicted molar refractivity (Wildman–Crippen MR) is 217 cm³/mol. The molecule has 3 fully saturated rings. The van der Waals surface area contributed by atoms with Crippen molar-refractivity contribution in [3.8, 4) is 33.6 Å². The van der Waals surface area contributed by atoms with Crippen LogP contribution in [0.25, 0.3) is 44.4 Å². The first-order valence-corrected chi connectivity index (χ1v) is 20.7. The molecule has 3 aliphatic rings. The number of carbonyl (C=O) groups is 2. The molecule has 2 aromatic heterocycles. The SMILES string of the molecule is CCCCOC(=O)N1CCSC1c1ncc(-c2ccc(-c3ccc4cc(-c5cnc(C6CC7(CC7)CN6CC(NC(=O)OC)C(C)C)[nH]5)ccc4c3)cc2)[nH]1. The number of aromatic nitrogens is 4. The lowest BCUT2D eigenvalue weighted by Gasteiger charge is -2.30. The Morgan fingerprint density at radius 3 is 2.29 bits per heavy atom. The molecule has 3 N–H and O–H groups in total. The van der Waals surface area contributed by atoms with E-state index in [0.29, 0.717) is 18.6 Å². The summed E-state index contributed by atoms with van der Waals surface area (Å²) in [5, 5.41) is 5.22. The fraction of sp³-hybridized carbons (Fsp3) is 0.442. The second-order valence-electron chi connectivity index (χ2n) is 15.7. The molecule has 11 nitrogen and oxygen atoms in total. The van der Waals surface area contributed by atoms with Gasteiger partial charge in [-0.15, -0.1) is 11.8 Å². The summed E-state index contributed by atoms with van der Waals surface area (Å²) in [5.74, 6) is 2.89.